The molecule has 1 aromatic carbocycles. The van der Waals surface area contributed by atoms with Gasteiger partial charge in [0.15, 0.2) is 0 Å². The van der Waals surface area contributed by atoms with E-state index in [0.29, 0.717) is 5.92 Å². The lowest BCUT2D eigenvalue weighted by molar-refractivity contribution is 0.281. The molecule has 0 aromatic heterocycles. The largest absolute Gasteiger partial charge is 0.496 e. The highest BCUT2D eigenvalue weighted by Gasteiger charge is 2.14. The number of rotatable bonds is 8. The van der Waals surface area contributed by atoms with Gasteiger partial charge in [-0.3, -0.25) is 0 Å². The van der Waals surface area contributed by atoms with E-state index in [9.17, 15) is 0 Å². The van der Waals surface area contributed by atoms with Crippen molar-refractivity contribution in [2.75, 3.05) is 13.7 Å². The van der Waals surface area contributed by atoms with E-state index in [-0.39, 0.29) is 12.6 Å². The van der Waals surface area contributed by atoms with Crippen LogP contribution in [0.5, 0.6) is 5.75 Å². The second kappa shape index (κ2) is 8.46. The van der Waals surface area contributed by atoms with Gasteiger partial charge in [0, 0.05) is 11.5 Å². The molecule has 1 rings (SSSR count). The van der Waals surface area contributed by atoms with Gasteiger partial charge < -0.3 is 9.84 Å². The summed E-state index contributed by atoms with van der Waals surface area (Å²) in [5.41, 5.74) is 10.8. The van der Waals surface area contributed by atoms with Crippen molar-refractivity contribution >= 4 is 0 Å². The summed E-state index contributed by atoms with van der Waals surface area (Å²) < 4.78 is 5.36. The van der Waals surface area contributed by atoms with E-state index in [2.05, 4.69) is 29.9 Å². The average Bonchev–Trinajstić information content (AvgIpc) is 2.45. The molecule has 0 fully saturated rings. The molecule has 5 nitrogen and oxygen atoms in total. The van der Waals surface area contributed by atoms with Crippen LogP contribution in [0.3, 0.4) is 0 Å². The maximum atomic E-state index is 8.84. The Morgan fingerprint density at radius 1 is 1.35 bits per heavy atom. The van der Waals surface area contributed by atoms with Gasteiger partial charge >= 0.3 is 0 Å². The van der Waals surface area contributed by atoms with E-state index in [0.717, 1.165) is 36.1 Å². The maximum absolute atomic E-state index is 8.84. The number of nitrogens with zero attached hydrogens (tertiary/aromatic N) is 3. The highest BCUT2D eigenvalue weighted by molar-refractivity contribution is 5.40. The number of hydrogen-bond acceptors (Lipinski definition) is 3. The minimum Gasteiger partial charge on any atom is -0.496 e. The first-order chi connectivity index (χ1) is 9.63. The van der Waals surface area contributed by atoms with Crippen molar-refractivity contribution in [1.82, 2.24) is 0 Å². The lowest BCUT2D eigenvalue weighted by Crippen LogP contribution is -2.00. The van der Waals surface area contributed by atoms with Crippen LogP contribution in [0, 0.1) is 0 Å². The van der Waals surface area contributed by atoms with Crippen molar-refractivity contribution in [3.63, 3.8) is 0 Å². The topological polar surface area (TPSA) is 78.2 Å². The molecule has 0 aliphatic carbocycles. The van der Waals surface area contributed by atoms with Crippen molar-refractivity contribution in [1.29, 1.82) is 0 Å². The summed E-state index contributed by atoms with van der Waals surface area (Å²) in [5, 5.41) is 12.7. The Kier molecular flexibility index (Phi) is 6.91. The number of methoxy groups -OCH3 is 1. The quantitative estimate of drug-likeness (QED) is 0.332. The van der Waals surface area contributed by atoms with Gasteiger partial charge in [0.05, 0.1) is 13.2 Å². The van der Waals surface area contributed by atoms with Crippen LogP contribution < -0.4 is 4.74 Å². The SMILES string of the molecule is COc1ccc(C(CCCCO)N=[N+]=[N-])cc1C(C)C. The van der Waals surface area contributed by atoms with Crippen molar-refractivity contribution in [3.05, 3.63) is 39.8 Å². The van der Waals surface area contributed by atoms with E-state index in [1.807, 2.05) is 12.1 Å². The Morgan fingerprint density at radius 3 is 2.65 bits per heavy atom. The number of hydrogen-bond donors (Lipinski definition) is 1. The third kappa shape index (κ3) is 4.44. The Hall–Kier alpha value is -1.71. The number of unbranched alkanes of at least 4 members (excludes halogenated alkanes) is 1. The molecule has 0 spiro atoms. The molecule has 20 heavy (non-hydrogen) atoms. The van der Waals surface area contributed by atoms with Crippen molar-refractivity contribution in [3.8, 4) is 5.75 Å². The standard InChI is InChI=1S/C15H23N3O2/c1-11(2)13-10-12(7-8-15(13)20-3)14(17-18-16)6-4-5-9-19/h7-8,10-11,14,19H,4-6,9H2,1-3H3. The summed E-state index contributed by atoms with van der Waals surface area (Å²) in [6.45, 7) is 4.38. The van der Waals surface area contributed by atoms with Crippen molar-refractivity contribution in [2.24, 2.45) is 5.11 Å². The molecule has 0 aliphatic heterocycles. The van der Waals surface area contributed by atoms with Gasteiger partial charge in [-0.15, -0.1) is 0 Å². The van der Waals surface area contributed by atoms with E-state index in [1.54, 1.807) is 7.11 Å². The summed E-state index contributed by atoms with van der Waals surface area (Å²) in [4.78, 5) is 2.94. The summed E-state index contributed by atoms with van der Waals surface area (Å²) >= 11 is 0. The van der Waals surface area contributed by atoms with Gasteiger partial charge in [-0.25, -0.2) is 0 Å². The summed E-state index contributed by atoms with van der Waals surface area (Å²) in [7, 11) is 1.66. The Labute approximate surface area is 120 Å². The number of ether oxygens (including phenoxy) is 1. The van der Waals surface area contributed by atoms with Gasteiger partial charge in [0.2, 0.25) is 0 Å². The molecule has 0 saturated carbocycles. The monoisotopic (exact) mass is 277 g/mol. The van der Waals surface area contributed by atoms with Gasteiger partial charge in [0.25, 0.3) is 0 Å². The number of azide groups is 1. The zero-order valence-electron chi connectivity index (χ0n) is 12.4. The molecule has 1 unspecified atom stereocenters. The predicted molar refractivity (Wildman–Crippen MR) is 79.9 cm³/mol. The fourth-order valence-corrected chi connectivity index (χ4v) is 2.21. The highest BCUT2D eigenvalue weighted by Crippen LogP contribution is 2.32. The molecule has 1 atom stereocenters. The number of aliphatic hydroxyl groups is 1. The maximum Gasteiger partial charge on any atom is 0.122 e. The Morgan fingerprint density at radius 2 is 2.10 bits per heavy atom. The fraction of sp³-hybridized carbons (Fsp3) is 0.600. The first-order valence-electron chi connectivity index (χ1n) is 6.97. The molecule has 0 bridgehead atoms. The molecular weight excluding hydrogens is 254 g/mol. The first-order valence-corrected chi connectivity index (χ1v) is 6.97. The summed E-state index contributed by atoms with van der Waals surface area (Å²) in [6, 6.07) is 5.75. The van der Waals surface area contributed by atoms with Crippen LogP contribution >= 0.6 is 0 Å². The van der Waals surface area contributed by atoms with Crippen LogP contribution in [-0.2, 0) is 0 Å². The molecule has 0 radical (unpaired) electrons. The molecule has 0 aliphatic rings. The zero-order chi connectivity index (χ0) is 15.0. The Balaban J connectivity index is 3.01. The van der Waals surface area contributed by atoms with Crippen LogP contribution in [0.15, 0.2) is 23.3 Å². The van der Waals surface area contributed by atoms with Crippen LogP contribution in [0.4, 0.5) is 0 Å². The van der Waals surface area contributed by atoms with Crippen molar-refractivity contribution in [2.45, 2.75) is 45.1 Å². The minimum absolute atomic E-state index is 0.169. The first kappa shape index (κ1) is 16.3. The smallest absolute Gasteiger partial charge is 0.122 e. The molecule has 5 heteroatoms. The molecule has 0 amide bonds. The predicted octanol–water partition coefficient (Wildman–Crippen LogP) is 4.33. The van der Waals surface area contributed by atoms with Crippen molar-refractivity contribution < 1.29 is 9.84 Å². The molecular formula is C15H23N3O2. The van der Waals surface area contributed by atoms with Gasteiger partial charge in [0.1, 0.15) is 5.75 Å². The summed E-state index contributed by atoms with van der Waals surface area (Å²) in [6.07, 6.45) is 2.31. The Bertz CT molecular complexity index is 468. The van der Waals surface area contributed by atoms with Crippen LogP contribution in [-0.4, -0.2) is 18.8 Å². The molecule has 0 saturated heterocycles. The summed E-state index contributed by atoms with van der Waals surface area (Å²) in [5.74, 6) is 1.20. The zero-order valence-corrected chi connectivity index (χ0v) is 12.4. The van der Waals surface area contributed by atoms with Crippen LogP contribution in [0.1, 0.15) is 56.2 Å². The second-order valence-corrected chi connectivity index (χ2v) is 5.10. The fourth-order valence-electron chi connectivity index (χ4n) is 2.21. The lowest BCUT2D eigenvalue weighted by Gasteiger charge is -2.17. The number of aliphatic hydroxyl groups excluding tert-OH is 1. The van der Waals surface area contributed by atoms with Gasteiger partial charge in [-0.1, -0.05) is 37.5 Å². The normalized spacial score (nSPS) is 12.1. The lowest BCUT2D eigenvalue weighted by atomic mass is 9.95. The number of benzene rings is 1. The third-order valence-electron chi connectivity index (χ3n) is 3.34. The molecule has 1 N–H and O–H groups in total. The molecule has 1 aromatic rings. The second-order valence-electron chi connectivity index (χ2n) is 5.10. The molecule has 0 heterocycles. The third-order valence-corrected chi connectivity index (χ3v) is 3.34. The van der Waals surface area contributed by atoms with Gasteiger partial charge in [-0.2, -0.15) is 0 Å². The average molecular weight is 277 g/mol. The van der Waals surface area contributed by atoms with E-state index in [4.69, 9.17) is 15.4 Å². The molecule has 110 valence electrons. The van der Waals surface area contributed by atoms with E-state index in [1.165, 1.54) is 0 Å². The minimum atomic E-state index is -0.185. The van der Waals surface area contributed by atoms with Crippen LogP contribution in [0.25, 0.3) is 10.4 Å². The van der Waals surface area contributed by atoms with Crippen LogP contribution in [0.2, 0.25) is 0 Å². The van der Waals surface area contributed by atoms with E-state index < -0.39 is 0 Å². The van der Waals surface area contributed by atoms with Gasteiger partial charge in [-0.05, 0) is 41.5 Å². The highest BCUT2D eigenvalue weighted by atomic mass is 16.5. The van der Waals surface area contributed by atoms with E-state index >= 15 is 0 Å².